The second kappa shape index (κ2) is 6.90. The molecule has 130 valence electrons. The molecule has 0 aliphatic carbocycles. The maximum atomic E-state index is 11.4. The fourth-order valence-corrected chi connectivity index (χ4v) is 2.87. The molecule has 1 amide bonds. The van der Waals surface area contributed by atoms with Crippen molar-refractivity contribution < 1.29 is 4.79 Å². The first-order valence-corrected chi connectivity index (χ1v) is 7.44. The van der Waals surface area contributed by atoms with Gasteiger partial charge in [0, 0.05) is 11.3 Å². The third kappa shape index (κ3) is 3.46. The average Bonchev–Trinajstić information content (AvgIpc) is 2.50. The first kappa shape index (κ1) is 18.4. The summed E-state index contributed by atoms with van der Waals surface area (Å²) in [4.78, 5) is 24.0. The number of hydrogen-bond acceptors (Lipinski definition) is 6. The Labute approximate surface area is 151 Å². The second-order valence-corrected chi connectivity index (χ2v) is 5.71. The van der Waals surface area contributed by atoms with E-state index in [1.54, 1.807) is 12.1 Å². The molecular weight excluding hydrogens is 340 g/mol. The van der Waals surface area contributed by atoms with Gasteiger partial charge in [-0.1, -0.05) is 12.1 Å². The maximum absolute atomic E-state index is 11.4. The fraction of sp³-hybridized carbons (Fsp3) is 0.176. The molecule has 0 saturated heterocycles. The highest BCUT2D eigenvalue weighted by Gasteiger charge is 2.15. The van der Waals surface area contributed by atoms with Crippen LogP contribution < -0.4 is 17.2 Å². The number of nitrogen functional groups attached to an aromatic ring is 2. The summed E-state index contributed by atoms with van der Waals surface area (Å²) in [5.74, 6) is -0.0297. The first-order chi connectivity index (χ1) is 11.4. The summed E-state index contributed by atoms with van der Waals surface area (Å²) in [5.41, 5.74) is 21.7. The molecule has 0 spiro atoms. The Morgan fingerprint density at radius 2 is 1.84 bits per heavy atom. The van der Waals surface area contributed by atoms with Gasteiger partial charge in [-0.25, -0.2) is 4.98 Å². The summed E-state index contributed by atoms with van der Waals surface area (Å²) < 4.78 is 0. The van der Waals surface area contributed by atoms with Crippen molar-refractivity contribution in [2.45, 2.75) is 20.3 Å². The Hall–Kier alpha value is -2.93. The molecule has 0 fully saturated rings. The van der Waals surface area contributed by atoms with Gasteiger partial charge >= 0.3 is 0 Å². The van der Waals surface area contributed by atoms with E-state index in [1.165, 1.54) is 0 Å². The Balaban J connectivity index is 0.00000225. The average molecular weight is 359 g/mol. The standard InChI is InChI=1S/C17H18N6O.ClH/c1-8-12(7-10-4-3-5-11(6-10)15(19)24)9(2)21-16-13(8)14(18)22-17(20)23-16;/h3-6H,7H2,1-2H3,(H2,19,24)(H4,18,20,21,22,23);1H. The van der Waals surface area contributed by atoms with E-state index >= 15 is 0 Å². The monoisotopic (exact) mass is 358 g/mol. The molecule has 0 aliphatic heterocycles. The van der Waals surface area contributed by atoms with Crippen LogP contribution in [0.3, 0.4) is 0 Å². The Morgan fingerprint density at radius 1 is 1.12 bits per heavy atom. The normalized spacial score (nSPS) is 10.5. The van der Waals surface area contributed by atoms with Crippen molar-refractivity contribution in [3.05, 3.63) is 52.2 Å². The van der Waals surface area contributed by atoms with Gasteiger partial charge in [0.25, 0.3) is 0 Å². The molecule has 8 heteroatoms. The number of nitrogens with two attached hydrogens (primary N) is 3. The van der Waals surface area contributed by atoms with Crippen molar-refractivity contribution in [2.75, 3.05) is 11.5 Å². The van der Waals surface area contributed by atoms with Gasteiger partial charge in [0.2, 0.25) is 11.9 Å². The molecule has 3 aromatic rings. The molecule has 6 N–H and O–H groups in total. The highest BCUT2D eigenvalue weighted by molar-refractivity contribution is 5.93. The van der Waals surface area contributed by atoms with Crippen molar-refractivity contribution in [1.82, 2.24) is 15.0 Å². The molecule has 0 bridgehead atoms. The summed E-state index contributed by atoms with van der Waals surface area (Å²) in [7, 11) is 0. The molecule has 1 aromatic carbocycles. The van der Waals surface area contributed by atoms with Gasteiger partial charge in [-0.2, -0.15) is 9.97 Å². The van der Waals surface area contributed by atoms with Gasteiger partial charge in [-0.05, 0) is 49.1 Å². The van der Waals surface area contributed by atoms with Crippen LogP contribution in [-0.2, 0) is 6.42 Å². The lowest BCUT2D eigenvalue weighted by molar-refractivity contribution is 0.1000. The molecule has 0 radical (unpaired) electrons. The number of aryl methyl sites for hydroxylation is 2. The number of aromatic nitrogens is 3. The van der Waals surface area contributed by atoms with E-state index in [0.717, 1.165) is 22.4 Å². The number of benzene rings is 1. The van der Waals surface area contributed by atoms with E-state index in [9.17, 15) is 4.79 Å². The SMILES string of the molecule is Cc1nc2nc(N)nc(N)c2c(C)c1Cc1cccc(C(N)=O)c1.Cl. The molecule has 2 aromatic heterocycles. The predicted molar refractivity (Wildman–Crippen MR) is 101 cm³/mol. The third-order valence-electron chi connectivity index (χ3n) is 4.07. The van der Waals surface area contributed by atoms with Crippen molar-refractivity contribution >= 4 is 41.1 Å². The number of pyridine rings is 1. The zero-order valence-electron chi connectivity index (χ0n) is 13.9. The zero-order chi connectivity index (χ0) is 17.4. The lowest BCUT2D eigenvalue weighted by atomic mass is 9.96. The van der Waals surface area contributed by atoms with Crippen LogP contribution in [0.25, 0.3) is 11.0 Å². The summed E-state index contributed by atoms with van der Waals surface area (Å²) in [5, 5.41) is 0.704. The molecule has 0 unspecified atom stereocenters. The number of amides is 1. The number of carbonyl (C=O) groups is 1. The summed E-state index contributed by atoms with van der Waals surface area (Å²) in [6, 6.07) is 7.23. The van der Waals surface area contributed by atoms with E-state index in [-0.39, 0.29) is 18.4 Å². The van der Waals surface area contributed by atoms with Crippen molar-refractivity contribution in [3.8, 4) is 0 Å². The Bertz CT molecular complexity index is 973. The fourth-order valence-electron chi connectivity index (χ4n) is 2.87. The minimum Gasteiger partial charge on any atom is -0.383 e. The number of primary amides is 1. The zero-order valence-corrected chi connectivity index (χ0v) is 14.7. The highest BCUT2D eigenvalue weighted by Crippen LogP contribution is 2.27. The number of carbonyl (C=O) groups excluding carboxylic acids is 1. The lowest BCUT2D eigenvalue weighted by Gasteiger charge is -2.14. The van der Waals surface area contributed by atoms with Crippen LogP contribution in [0.2, 0.25) is 0 Å². The second-order valence-electron chi connectivity index (χ2n) is 5.71. The molecule has 0 saturated carbocycles. The van der Waals surface area contributed by atoms with Gasteiger partial charge in [0.1, 0.15) is 5.82 Å². The number of fused-ring (bicyclic) bond motifs is 1. The highest BCUT2D eigenvalue weighted by atomic mass is 35.5. The van der Waals surface area contributed by atoms with Crippen LogP contribution in [0, 0.1) is 13.8 Å². The predicted octanol–water partition coefficient (Wildman–Crippen LogP) is 1.92. The van der Waals surface area contributed by atoms with Crippen molar-refractivity contribution in [3.63, 3.8) is 0 Å². The first-order valence-electron chi connectivity index (χ1n) is 7.44. The summed E-state index contributed by atoms with van der Waals surface area (Å²) in [6.07, 6.45) is 0.603. The van der Waals surface area contributed by atoms with Gasteiger partial charge in [0.05, 0.1) is 5.39 Å². The molecule has 0 atom stereocenters. The minimum atomic E-state index is -0.449. The summed E-state index contributed by atoms with van der Waals surface area (Å²) in [6.45, 7) is 3.87. The van der Waals surface area contributed by atoms with Gasteiger partial charge < -0.3 is 17.2 Å². The van der Waals surface area contributed by atoms with E-state index in [4.69, 9.17) is 17.2 Å². The third-order valence-corrected chi connectivity index (χ3v) is 4.07. The molecular formula is C17H19ClN6O. The number of rotatable bonds is 3. The number of nitrogens with zero attached hydrogens (tertiary/aromatic N) is 3. The van der Waals surface area contributed by atoms with E-state index < -0.39 is 5.91 Å². The number of anilines is 2. The van der Waals surface area contributed by atoms with Gasteiger partial charge in [-0.15, -0.1) is 12.4 Å². The van der Waals surface area contributed by atoms with E-state index in [1.807, 2.05) is 26.0 Å². The maximum Gasteiger partial charge on any atom is 0.248 e. The topological polar surface area (TPSA) is 134 Å². The Kier molecular flexibility index (Phi) is 5.08. The van der Waals surface area contributed by atoms with Gasteiger partial charge in [0.15, 0.2) is 5.65 Å². The van der Waals surface area contributed by atoms with Crippen LogP contribution in [-0.4, -0.2) is 20.9 Å². The molecule has 0 aliphatic rings. The largest absolute Gasteiger partial charge is 0.383 e. The summed E-state index contributed by atoms with van der Waals surface area (Å²) >= 11 is 0. The molecule has 7 nitrogen and oxygen atoms in total. The lowest BCUT2D eigenvalue weighted by Crippen LogP contribution is -2.11. The molecule has 25 heavy (non-hydrogen) atoms. The van der Waals surface area contributed by atoms with Gasteiger partial charge in [-0.3, -0.25) is 4.79 Å². The quantitative estimate of drug-likeness (QED) is 0.654. The molecule has 2 heterocycles. The van der Waals surface area contributed by atoms with E-state index in [2.05, 4.69) is 15.0 Å². The van der Waals surface area contributed by atoms with Crippen LogP contribution in [0.1, 0.15) is 32.7 Å². The van der Waals surface area contributed by atoms with E-state index in [0.29, 0.717) is 28.8 Å². The molecule has 3 rings (SSSR count). The van der Waals surface area contributed by atoms with Crippen molar-refractivity contribution in [1.29, 1.82) is 0 Å². The van der Waals surface area contributed by atoms with Crippen LogP contribution in [0.4, 0.5) is 11.8 Å². The number of hydrogen-bond donors (Lipinski definition) is 3. The van der Waals surface area contributed by atoms with Crippen LogP contribution >= 0.6 is 12.4 Å². The van der Waals surface area contributed by atoms with Crippen molar-refractivity contribution in [2.24, 2.45) is 5.73 Å². The number of halogens is 1. The minimum absolute atomic E-state index is 0. The van der Waals surface area contributed by atoms with Crippen LogP contribution in [0.5, 0.6) is 0 Å². The Morgan fingerprint density at radius 3 is 2.52 bits per heavy atom. The smallest absolute Gasteiger partial charge is 0.248 e. The van der Waals surface area contributed by atoms with Crippen LogP contribution in [0.15, 0.2) is 24.3 Å².